The fourth-order valence-corrected chi connectivity index (χ4v) is 3.24. The Morgan fingerprint density at radius 3 is 2.73 bits per heavy atom. The molecule has 0 saturated carbocycles. The number of likely N-dealkylation sites (tertiary alicyclic amines) is 1. The molecule has 2 N–H and O–H groups in total. The molecule has 0 bridgehead atoms. The van der Waals surface area contributed by atoms with Gasteiger partial charge in [-0.3, -0.25) is 9.59 Å². The topological polar surface area (TPSA) is 59.8 Å². The summed E-state index contributed by atoms with van der Waals surface area (Å²) in [6.45, 7) is 4.38. The van der Waals surface area contributed by atoms with Crippen molar-refractivity contribution in [2.24, 2.45) is 5.92 Å². The van der Waals surface area contributed by atoms with Gasteiger partial charge in [0.2, 0.25) is 0 Å². The minimum atomic E-state index is -0.0927. The van der Waals surface area contributed by atoms with E-state index in [0.29, 0.717) is 13.2 Å². The first kappa shape index (κ1) is 17.2. The van der Waals surface area contributed by atoms with Crippen molar-refractivity contribution < 1.29 is 19.2 Å². The summed E-state index contributed by atoms with van der Waals surface area (Å²) in [5.41, 5.74) is 0.831. The fourth-order valence-electron chi connectivity index (χ4n) is 2.70. The molecule has 1 saturated heterocycles. The molecule has 1 aromatic rings. The van der Waals surface area contributed by atoms with E-state index in [0.717, 1.165) is 35.2 Å². The highest BCUT2D eigenvalue weighted by Gasteiger charge is 2.29. The van der Waals surface area contributed by atoms with E-state index in [-0.39, 0.29) is 17.8 Å². The van der Waals surface area contributed by atoms with Crippen LogP contribution in [0.2, 0.25) is 0 Å². The number of benzene rings is 1. The second-order valence-corrected chi connectivity index (χ2v) is 6.76. The zero-order valence-electron chi connectivity index (χ0n) is 12.7. The second-order valence-electron chi connectivity index (χ2n) is 5.51. The van der Waals surface area contributed by atoms with Gasteiger partial charge in [-0.15, -0.1) is 0 Å². The van der Waals surface area contributed by atoms with Crippen LogP contribution < -0.4 is 10.2 Å². The van der Waals surface area contributed by atoms with Crippen LogP contribution in [0.15, 0.2) is 24.3 Å². The summed E-state index contributed by atoms with van der Waals surface area (Å²) in [4.78, 5) is 25.0. The summed E-state index contributed by atoms with van der Waals surface area (Å²) in [7, 11) is 0. The Bertz CT molecular complexity index is 528. The number of hydrogen-bond acceptors (Lipinski definition) is 3. The molecule has 1 aliphatic rings. The van der Waals surface area contributed by atoms with E-state index in [9.17, 15) is 9.59 Å². The Kier molecular flexibility index (Phi) is 6.63. The third-order valence-electron chi connectivity index (χ3n) is 3.83. The molecule has 6 heteroatoms. The molecule has 120 valence electrons. The molecule has 0 aromatic heterocycles. The summed E-state index contributed by atoms with van der Waals surface area (Å²) in [5, 5.41) is 2.93. The molecule has 0 spiro atoms. The lowest BCUT2D eigenvalue weighted by atomic mass is 9.97. The zero-order valence-corrected chi connectivity index (χ0v) is 14.9. The number of anilines is 1. The van der Waals surface area contributed by atoms with E-state index >= 15 is 0 Å². The first-order valence-corrected chi connectivity index (χ1v) is 8.72. The van der Waals surface area contributed by atoms with Crippen LogP contribution in [-0.4, -0.2) is 38.1 Å². The molecule has 5 nitrogen and oxygen atoms in total. The summed E-state index contributed by atoms with van der Waals surface area (Å²) in [6.07, 6.45) is 1.59. The Morgan fingerprint density at radius 1 is 1.36 bits per heavy atom. The minimum Gasteiger partial charge on any atom is -0.466 e. The summed E-state index contributed by atoms with van der Waals surface area (Å²) >= 11 is 2.22. The molecule has 0 aliphatic carbocycles. The zero-order chi connectivity index (χ0) is 15.9. The summed E-state index contributed by atoms with van der Waals surface area (Å²) in [5.74, 6) is -0.0705. The standard InChI is InChI=1S/C16H21IN2O3/c1-2-22-16(21)12-6-8-19(9-7-12)11-15(20)18-14-5-3-4-13(17)10-14/h3-5,10,12H,2,6-9,11H2,1H3,(H,18,20)/p+1. The van der Waals surface area contributed by atoms with E-state index < -0.39 is 0 Å². The van der Waals surface area contributed by atoms with Crippen LogP contribution in [0.4, 0.5) is 5.69 Å². The minimum absolute atomic E-state index is 0.00228. The van der Waals surface area contributed by atoms with Crippen molar-refractivity contribution in [3.63, 3.8) is 0 Å². The van der Waals surface area contributed by atoms with Crippen molar-refractivity contribution in [3.05, 3.63) is 27.8 Å². The van der Waals surface area contributed by atoms with Gasteiger partial charge in [0.1, 0.15) is 0 Å². The maximum Gasteiger partial charge on any atom is 0.309 e. The van der Waals surface area contributed by atoms with Gasteiger partial charge >= 0.3 is 5.97 Å². The maximum atomic E-state index is 12.1. The number of ether oxygens (including phenoxy) is 1. The number of halogens is 1. The lowest BCUT2D eigenvalue weighted by molar-refractivity contribution is -0.897. The number of nitrogens with one attached hydrogen (secondary N) is 2. The lowest BCUT2D eigenvalue weighted by Crippen LogP contribution is -3.14. The maximum absolute atomic E-state index is 12.1. The SMILES string of the molecule is CCOC(=O)C1CC[NH+](CC(=O)Nc2cccc(I)c2)CC1. The van der Waals surface area contributed by atoms with E-state index in [1.54, 1.807) is 0 Å². The normalized spacial score (nSPS) is 21.2. The predicted molar refractivity (Wildman–Crippen MR) is 92.7 cm³/mol. The molecule has 22 heavy (non-hydrogen) atoms. The first-order chi connectivity index (χ1) is 10.6. The number of hydrogen-bond donors (Lipinski definition) is 2. The van der Waals surface area contributed by atoms with E-state index in [1.807, 2.05) is 31.2 Å². The number of esters is 1. The molecule has 1 amide bonds. The van der Waals surface area contributed by atoms with Crippen LogP contribution in [0, 0.1) is 9.49 Å². The van der Waals surface area contributed by atoms with Crippen molar-refractivity contribution in [1.29, 1.82) is 0 Å². The number of quaternary nitrogens is 1. The van der Waals surface area contributed by atoms with Crippen LogP contribution in [0.1, 0.15) is 19.8 Å². The van der Waals surface area contributed by atoms with E-state index in [2.05, 4.69) is 27.9 Å². The molecule has 0 radical (unpaired) electrons. The van der Waals surface area contributed by atoms with Crippen LogP contribution in [0.25, 0.3) is 0 Å². The van der Waals surface area contributed by atoms with Crippen molar-refractivity contribution in [2.45, 2.75) is 19.8 Å². The summed E-state index contributed by atoms with van der Waals surface area (Å²) < 4.78 is 6.16. The summed E-state index contributed by atoms with van der Waals surface area (Å²) in [6, 6.07) is 7.75. The largest absolute Gasteiger partial charge is 0.466 e. The van der Waals surface area contributed by atoms with Crippen molar-refractivity contribution in [3.8, 4) is 0 Å². The smallest absolute Gasteiger partial charge is 0.309 e. The number of amides is 1. The molecular weight excluding hydrogens is 395 g/mol. The highest BCUT2D eigenvalue weighted by atomic mass is 127. The average molecular weight is 417 g/mol. The highest BCUT2D eigenvalue weighted by Crippen LogP contribution is 2.13. The number of carbonyl (C=O) groups excluding carboxylic acids is 2. The van der Waals surface area contributed by atoms with Gasteiger partial charge in [0.15, 0.2) is 6.54 Å². The van der Waals surface area contributed by atoms with Crippen molar-refractivity contribution >= 4 is 40.2 Å². The molecule has 2 rings (SSSR count). The van der Waals surface area contributed by atoms with Gasteiger partial charge in [0.05, 0.1) is 25.6 Å². The Labute approximate surface area is 144 Å². The van der Waals surface area contributed by atoms with Crippen LogP contribution in [0.3, 0.4) is 0 Å². The molecule has 1 aliphatic heterocycles. The molecular formula is C16H22IN2O3+. The molecule has 1 aromatic carbocycles. The van der Waals surface area contributed by atoms with Crippen LogP contribution in [0.5, 0.6) is 0 Å². The Balaban J connectivity index is 1.76. The van der Waals surface area contributed by atoms with Gasteiger partial charge in [0.25, 0.3) is 5.91 Å². The molecule has 1 heterocycles. The Hall–Kier alpha value is -1.15. The predicted octanol–water partition coefficient (Wildman–Crippen LogP) is 1.09. The third kappa shape index (κ3) is 5.24. The molecule has 1 fully saturated rings. The monoisotopic (exact) mass is 417 g/mol. The average Bonchev–Trinajstić information content (AvgIpc) is 2.48. The van der Waals surface area contributed by atoms with Gasteiger partial charge in [-0.2, -0.15) is 0 Å². The van der Waals surface area contributed by atoms with Crippen LogP contribution >= 0.6 is 22.6 Å². The van der Waals surface area contributed by atoms with Crippen LogP contribution in [-0.2, 0) is 14.3 Å². The van der Waals surface area contributed by atoms with Crippen molar-refractivity contribution in [1.82, 2.24) is 0 Å². The van der Waals surface area contributed by atoms with Gasteiger partial charge in [-0.25, -0.2) is 0 Å². The number of carbonyl (C=O) groups is 2. The lowest BCUT2D eigenvalue weighted by Gasteiger charge is -2.27. The molecule has 0 unspecified atom stereocenters. The van der Waals surface area contributed by atoms with E-state index in [1.165, 1.54) is 4.90 Å². The van der Waals surface area contributed by atoms with Gasteiger partial charge in [-0.05, 0) is 47.7 Å². The van der Waals surface area contributed by atoms with Crippen molar-refractivity contribution in [2.75, 3.05) is 31.6 Å². The first-order valence-electron chi connectivity index (χ1n) is 7.64. The van der Waals surface area contributed by atoms with E-state index in [4.69, 9.17) is 4.74 Å². The van der Waals surface area contributed by atoms with Gasteiger partial charge in [0, 0.05) is 22.1 Å². The van der Waals surface area contributed by atoms with Gasteiger partial charge in [-0.1, -0.05) is 6.07 Å². The third-order valence-corrected chi connectivity index (χ3v) is 4.50. The Morgan fingerprint density at radius 2 is 2.09 bits per heavy atom. The second kappa shape index (κ2) is 8.47. The highest BCUT2D eigenvalue weighted by molar-refractivity contribution is 14.1. The number of piperidine rings is 1. The molecule has 0 atom stereocenters. The quantitative estimate of drug-likeness (QED) is 0.557. The van der Waals surface area contributed by atoms with Gasteiger partial charge < -0.3 is 15.0 Å². The number of rotatable bonds is 5. The fraction of sp³-hybridized carbons (Fsp3) is 0.500.